The van der Waals surface area contributed by atoms with Crippen LogP contribution in [-0.4, -0.2) is 42.0 Å². The van der Waals surface area contributed by atoms with Gasteiger partial charge < -0.3 is 14.8 Å². The number of carbonyl (C=O) groups is 3. The van der Waals surface area contributed by atoms with E-state index in [0.29, 0.717) is 23.7 Å². The monoisotopic (exact) mass is 445 g/mol. The fraction of sp³-hybridized carbons (Fsp3) is 0.400. The van der Waals surface area contributed by atoms with Gasteiger partial charge in [-0.05, 0) is 49.6 Å². The van der Waals surface area contributed by atoms with Crippen molar-refractivity contribution in [3.8, 4) is 11.5 Å². The van der Waals surface area contributed by atoms with Crippen molar-refractivity contribution in [2.75, 3.05) is 23.6 Å². The summed E-state index contributed by atoms with van der Waals surface area (Å²) >= 11 is 0. The van der Waals surface area contributed by atoms with Crippen LogP contribution in [0.15, 0.2) is 36.4 Å². The number of rotatable bonds is 2. The number of nitrogens with zero attached hydrogens (tertiary/aromatic N) is 2. The van der Waals surface area contributed by atoms with E-state index in [9.17, 15) is 14.4 Å². The lowest BCUT2D eigenvalue weighted by atomic mass is 9.75. The van der Waals surface area contributed by atoms with Crippen molar-refractivity contribution in [2.24, 2.45) is 11.8 Å². The number of hydrogen-bond donors (Lipinski definition) is 1. The minimum absolute atomic E-state index is 0.114. The third-order valence-corrected chi connectivity index (χ3v) is 8.08. The molecule has 3 saturated heterocycles. The quantitative estimate of drug-likeness (QED) is 0.715. The zero-order valence-corrected chi connectivity index (χ0v) is 18.2. The summed E-state index contributed by atoms with van der Waals surface area (Å²) in [5, 5.41) is 3.03. The molecule has 2 aromatic rings. The number of ether oxygens (including phenoxy) is 2. The molecule has 0 unspecified atom stereocenters. The Morgan fingerprint density at radius 2 is 1.91 bits per heavy atom. The normalized spacial score (nSPS) is 31.4. The number of fused-ring (bicyclic) bond motifs is 8. The highest BCUT2D eigenvalue weighted by atomic mass is 16.7. The molecule has 5 aliphatic rings. The molecule has 0 bridgehead atoms. The third kappa shape index (κ3) is 2.17. The van der Waals surface area contributed by atoms with Crippen LogP contribution in [0.25, 0.3) is 0 Å². The van der Waals surface area contributed by atoms with Crippen molar-refractivity contribution in [1.82, 2.24) is 4.90 Å². The number of carbonyl (C=O) groups excluding carboxylic acids is 3. The minimum Gasteiger partial charge on any atom is -0.454 e. The van der Waals surface area contributed by atoms with Gasteiger partial charge in [0, 0.05) is 23.4 Å². The standard InChI is InChI=1S/C25H23N3O5/c1-2-13-5-7-16-15(10-13)25(24(31)26-16)21-20(17-4-3-9-27(17)25)22(29)28(23(21)30)14-6-8-18-19(11-14)33-12-32-18/h5-8,10-11,17,20-21H,2-4,9,12H2,1H3,(H,26,31)/t17-,20+,21-,25+/m0/s1. The van der Waals surface area contributed by atoms with E-state index >= 15 is 0 Å². The molecule has 3 amide bonds. The van der Waals surface area contributed by atoms with E-state index in [1.54, 1.807) is 18.2 Å². The molecule has 2 aromatic carbocycles. The first-order valence-corrected chi connectivity index (χ1v) is 11.5. The van der Waals surface area contributed by atoms with Gasteiger partial charge in [-0.25, -0.2) is 4.90 Å². The van der Waals surface area contributed by atoms with Crippen molar-refractivity contribution >= 4 is 29.1 Å². The Bertz CT molecular complexity index is 1260. The number of amides is 3. The lowest BCUT2D eigenvalue weighted by Gasteiger charge is -2.36. The fourth-order valence-electron chi connectivity index (χ4n) is 6.75. The van der Waals surface area contributed by atoms with Crippen molar-refractivity contribution in [1.29, 1.82) is 0 Å². The SMILES string of the molecule is CCc1ccc2c(c1)[C@]1(C(=O)N2)[C@@H]2C(=O)N(c3ccc4c(c3)OCO4)C(=O)[C@@H]2[C@@H]2CCCN21. The predicted octanol–water partition coefficient (Wildman–Crippen LogP) is 2.41. The average molecular weight is 445 g/mol. The zero-order chi connectivity index (χ0) is 22.5. The summed E-state index contributed by atoms with van der Waals surface area (Å²) in [5.74, 6) is -0.944. The molecule has 8 nitrogen and oxygen atoms in total. The van der Waals surface area contributed by atoms with Crippen LogP contribution in [0.1, 0.15) is 30.9 Å². The van der Waals surface area contributed by atoms with E-state index in [2.05, 4.69) is 17.1 Å². The summed E-state index contributed by atoms with van der Waals surface area (Å²) in [6.45, 7) is 2.88. The highest BCUT2D eigenvalue weighted by molar-refractivity contribution is 6.26. The maximum Gasteiger partial charge on any atom is 0.250 e. The Morgan fingerprint density at radius 3 is 2.76 bits per heavy atom. The summed E-state index contributed by atoms with van der Waals surface area (Å²) < 4.78 is 10.9. The summed E-state index contributed by atoms with van der Waals surface area (Å²) in [5.41, 5.74) is 1.99. The maximum absolute atomic E-state index is 14.0. The first kappa shape index (κ1) is 19.1. The van der Waals surface area contributed by atoms with Gasteiger partial charge in [-0.2, -0.15) is 0 Å². The maximum atomic E-state index is 14.0. The van der Waals surface area contributed by atoms with Crippen LogP contribution >= 0.6 is 0 Å². The van der Waals surface area contributed by atoms with Gasteiger partial charge in [0.1, 0.15) is 5.54 Å². The molecular weight excluding hydrogens is 422 g/mol. The van der Waals surface area contributed by atoms with Crippen molar-refractivity contribution in [2.45, 2.75) is 37.8 Å². The Morgan fingerprint density at radius 1 is 1.06 bits per heavy atom. The summed E-state index contributed by atoms with van der Waals surface area (Å²) in [4.78, 5) is 45.0. The summed E-state index contributed by atoms with van der Waals surface area (Å²) in [6, 6.07) is 11.0. The van der Waals surface area contributed by atoms with E-state index in [1.807, 2.05) is 18.2 Å². The van der Waals surface area contributed by atoms with Crippen LogP contribution in [0.4, 0.5) is 11.4 Å². The summed E-state index contributed by atoms with van der Waals surface area (Å²) in [7, 11) is 0. The molecular formula is C25H23N3O5. The second-order valence-electron chi connectivity index (χ2n) is 9.41. The second-order valence-corrected chi connectivity index (χ2v) is 9.41. The lowest BCUT2D eigenvalue weighted by molar-refractivity contribution is -0.135. The first-order valence-electron chi connectivity index (χ1n) is 11.5. The van der Waals surface area contributed by atoms with Gasteiger partial charge in [-0.1, -0.05) is 19.1 Å². The topological polar surface area (TPSA) is 88.2 Å². The molecule has 33 heavy (non-hydrogen) atoms. The van der Waals surface area contributed by atoms with Gasteiger partial charge in [0.15, 0.2) is 11.5 Å². The average Bonchev–Trinajstić information content (AvgIpc) is 3.59. The van der Waals surface area contributed by atoms with E-state index < -0.39 is 17.4 Å². The van der Waals surface area contributed by atoms with E-state index in [0.717, 1.165) is 36.1 Å². The van der Waals surface area contributed by atoms with Crippen molar-refractivity contribution in [3.05, 3.63) is 47.5 Å². The van der Waals surface area contributed by atoms with Gasteiger partial charge in [0.2, 0.25) is 24.5 Å². The molecule has 0 aliphatic carbocycles. The molecule has 0 radical (unpaired) electrons. The van der Waals surface area contributed by atoms with E-state index in [-0.39, 0.29) is 30.6 Å². The van der Waals surface area contributed by atoms with Crippen LogP contribution in [0.3, 0.4) is 0 Å². The van der Waals surface area contributed by atoms with Gasteiger partial charge >= 0.3 is 0 Å². The zero-order valence-electron chi connectivity index (χ0n) is 18.2. The van der Waals surface area contributed by atoms with Gasteiger partial charge in [-0.3, -0.25) is 19.3 Å². The first-order chi connectivity index (χ1) is 16.1. The van der Waals surface area contributed by atoms with Gasteiger partial charge in [-0.15, -0.1) is 0 Å². The highest BCUT2D eigenvalue weighted by Gasteiger charge is 2.74. The highest BCUT2D eigenvalue weighted by Crippen LogP contribution is 2.61. The predicted molar refractivity (Wildman–Crippen MR) is 118 cm³/mol. The molecule has 4 atom stereocenters. The third-order valence-electron chi connectivity index (χ3n) is 8.08. The molecule has 3 fully saturated rings. The Labute approximate surface area is 190 Å². The van der Waals surface area contributed by atoms with Crippen molar-refractivity contribution in [3.63, 3.8) is 0 Å². The Balaban J connectivity index is 1.40. The Kier molecular flexibility index (Phi) is 3.68. The smallest absolute Gasteiger partial charge is 0.250 e. The van der Waals surface area contributed by atoms with Crippen LogP contribution in [0.2, 0.25) is 0 Å². The molecule has 8 heteroatoms. The Hall–Kier alpha value is -3.39. The molecule has 1 N–H and O–H groups in total. The molecule has 5 heterocycles. The van der Waals surface area contributed by atoms with Crippen LogP contribution in [0.5, 0.6) is 11.5 Å². The van der Waals surface area contributed by atoms with Crippen LogP contribution < -0.4 is 19.7 Å². The fourth-order valence-corrected chi connectivity index (χ4v) is 6.75. The number of aryl methyl sites for hydroxylation is 1. The number of hydrogen-bond acceptors (Lipinski definition) is 6. The molecule has 7 rings (SSSR count). The van der Waals surface area contributed by atoms with Gasteiger partial charge in [0.05, 0.1) is 17.5 Å². The number of benzene rings is 2. The van der Waals surface area contributed by atoms with E-state index in [4.69, 9.17) is 9.47 Å². The number of nitrogens with one attached hydrogen (secondary N) is 1. The lowest BCUT2D eigenvalue weighted by Crippen LogP contribution is -2.54. The molecule has 0 aromatic heterocycles. The molecule has 1 spiro atoms. The second kappa shape index (κ2) is 6.35. The van der Waals surface area contributed by atoms with Gasteiger partial charge in [0.25, 0.3) is 0 Å². The van der Waals surface area contributed by atoms with Crippen LogP contribution in [-0.2, 0) is 26.3 Å². The largest absolute Gasteiger partial charge is 0.454 e. The molecule has 0 saturated carbocycles. The van der Waals surface area contributed by atoms with Crippen LogP contribution in [0, 0.1) is 11.8 Å². The minimum atomic E-state index is -1.15. The number of imide groups is 1. The number of anilines is 2. The summed E-state index contributed by atoms with van der Waals surface area (Å²) in [6.07, 6.45) is 2.52. The molecule has 168 valence electrons. The molecule has 5 aliphatic heterocycles. The van der Waals surface area contributed by atoms with Crippen molar-refractivity contribution < 1.29 is 23.9 Å². The van der Waals surface area contributed by atoms with E-state index in [1.165, 1.54) is 4.90 Å².